The summed E-state index contributed by atoms with van der Waals surface area (Å²) in [4.78, 5) is 7.31. The first-order valence-corrected chi connectivity index (χ1v) is 9.83. The monoisotopic (exact) mass is 383 g/mol. The van der Waals surface area contributed by atoms with Crippen LogP contribution in [0.4, 0.5) is 11.6 Å². The third-order valence-corrected chi connectivity index (χ3v) is 5.72. The minimum atomic E-state index is 0.266. The van der Waals surface area contributed by atoms with Crippen LogP contribution < -0.4 is 10.6 Å². The van der Waals surface area contributed by atoms with Crippen molar-refractivity contribution in [2.24, 2.45) is 0 Å². The van der Waals surface area contributed by atoms with Crippen molar-refractivity contribution in [3.63, 3.8) is 0 Å². The zero-order valence-electron chi connectivity index (χ0n) is 16.0. The van der Waals surface area contributed by atoms with Crippen molar-refractivity contribution in [3.05, 3.63) is 23.9 Å². The number of H-pyrrole nitrogens is 1. The summed E-state index contributed by atoms with van der Waals surface area (Å²) in [5.74, 6) is 2.58. The second kappa shape index (κ2) is 7.06. The van der Waals surface area contributed by atoms with Gasteiger partial charge >= 0.3 is 0 Å². The fourth-order valence-corrected chi connectivity index (χ4v) is 4.24. The van der Waals surface area contributed by atoms with E-state index in [1.165, 1.54) is 5.56 Å². The molecule has 0 spiro atoms. The number of nitrogens with one attached hydrogen (secondary N) is 1. The van der Waals surface area contributed by atoms with E-state index in [0.29, 0.717) is 24.9 Å². The second-order valence-electron chi connectivity index (χ2n) is 7.51. The second-order valence-corrected chi connectivity index (χ2v) is 7.51. The van der Waals surface area contributed by atoms with E-state index in [-0.39, 0.29) is 6.04 Å². The van der Waals surface area contributed by atoms with Crippen molar-refractivity contribution >= 4 is 22.7 Å². The lowest BCUT2D eigenvalue weighted by molar-refractivity contribution is 0.0855. The summed E-state index contributed by atoms with van der Waals surface area (Å²) in [7, 11) is 0. The Morgan fingerprint density at radius 3 is 2.82 bits per heavy atom. The molecule has 0 bridgehead atoms. The molecule has 9 heteroatoms. The van der Waals surface area contributed by atoms with E-state index in [9.17, 15) is 0 Å². The summed E-state index contributed by atoms with van der Waals surface area (Å²) >= 11 is 0. The van der Waals surface area contributed by atoms with E-state index >= 15 is 0 Å². The van der Waals surface area contributed by atoms with E-state index in [0.717, 1.165) is 55.3 Å². The van der Waals surface area contributed by atoms with Crippen LogP contribution in [0.15, 0.2) is 18.3 Å². The van der Waals surface area contributed by atoms with Crippen LogP contribution in [0.25, 0.3) is 16.9 Å². The number of ether oxygens (including phenoxy) is 2. The third-order valence-electron chi connectivity index (χ3n) is 5.72. The molecule has 0 saturated carbocycles. The first-order chi connectivity index (χ1) is 13.7. The van der Waals surface area contributed by atoms with Gasteiger partial charge in [-0.2, -0.15) is 9.78 Å². The summed E-state index contributed by atoms with van der Waals surface area (Å²) < 4.78 is 13.0. The largest absolute Gasteiger partial charge is 0.382 e. The fraction of sp³-hybridized carbons (Fsp3) is 0.526. The minimum Gasteiger partial charge on any atom is -0.382 e. The van der Waals surface area contributed by atoms with Crippen LogP contribution in [0.2, 0.25) is 0 Å². The highest BCUT2D eigenvalue weighted by atomic mass is 16.5. The number of nitrogens with zero attached hydrogens (tertiary/aromatic N) is 5. The molecule has 148 valence electrons. The normalized spacial score (nSPS) is 21.5. The molecule has 0 unspecified atom stereocenters. The number of pyridine rings is 1. The molecule has 3 aromatic rings. The van der Waals surface area contributed by atoms with Crippen molar-refractivity contribution in [2.45, 2.75) is 31.7 Å². The molecule has 2 fully saturated rings. The highest BCUT2D eigenvalue weighted by Crippen LogP contribution is 2.37. The Hall–Kier alpha value is -2.65. The molecule has 2 aliphatic heterocycles. The number of hydrogen-bond acceptors (Lipinski definition) is 7. The first-order valence-electron chi connectivity index (χ1n) is 9.83. The van der Waals surface area contributed by atoms with E-state index in [1.807, 2.05) is 6.07 Å². The van der Waals surface area contributed by atoms with Crippen molar-refractivity contribution in [2.75, 3.05) is 43.6 Å². The maximum atomic E-state index is 6.38. The Morgan fingerprint density at radius 1 is 1.21 bits per heavy atom. The highest BCUT2D eigenvalue weighted by Gasteiger charge is 2.27. The molecule has 2 aliphatic rings. The van der Waals surface area contributed by atoms with Gasteiger partial charge in [0.25, 0.3) is 0 Å². The Balaban J connectivity index is 1.71. The van der Waals surface area contributed by atoms with Gasteiger partial charge in [0, 0.05) is 25.8 Å². The predicted octanol–water partition coefficient (Wildman–Crippen LogP) is 1.84. The highest BCUT2D eigenvalue weighted by molar-refractivity contribution is 5.92. The van der Waals surface area contributed by atoms with Crippen molar-refractivity contribution in [1.82, 2.24) is 25.0 Å². The lowest BCUT2D eigenvalue weighted by Gasteiger charge is -2.35. The van der Waals surface area contributed by atoms with Gasteiger partial charge in [-0.25, -0.2) is 4.98 Å². The topological polar surface area (TPSA) is 107 Å². The van der Waals surface area contributed by atoms with Gasteiger partial charge < -0.3 is 20.1 Å². The average Bonchev–Trinajstić information content (AvgIpc) is 3.37. The zero-order chi connectivity index (χ0) is 19.1. The standard InChI is InChI=1S/C19H25N7O2/c1-12-11-28-9-6-25(12)16-10-14(13-3-7-27-8-4-13)17-18(20)24-26(19(17)22-16)15-2-5-21-23-15/h2,5,10,12-13H,3-4,6-9,11H2,1H3,(H2,20,24)(H,21,23)/t12-/m1/s1. The smallest absolute Gasteiger partial charge is 0.169 e. The van der Waals surface area contributed by atoms with Crippen molar-refractivity contribution < 1.29 is 9.47 Å². The van der Waals surface area contributed by atoms with Crippen LogP contribution in [0.1, 0.15) is 31.2 Å². The minimum absolute atomic E-state index is 0.266. The molecular weight excluding hydrogens is 358 g/mol. The lowest BCUT2D eigenvalue weighted by Crippen LogP contribution is -2.44. The third kappa shape index (κ3) is 2.91. The van der Waals surface area contributed by atoms with Gasteiger partial charge in [-0.1, -0.05) is 0 Å². The number of anilines is 2. The Bertz CT molecular complexity index is 962. The molecule has 0 aliphatic carbocycles. The molecule has 5 heterocycles. The number of fused-ring (bicyclic) bond motifs is 1. The van der Waals surface area contributed by atoms with Crippen LogP contribution in [-0.2, 0) is 9.47 Å². The quantitative estimate of drug-likeness (QED) is 0.711. The van der Waals surface area contributed by atoms with Crippen LogP contribution in [-0.4, -0.2) is 64.0 Å². The van der Waals surface area contributed by atoms with Crippen LogP contribution in [0.5, 0.6) is 0 Å². The maximum absolute atomic E-state index is 6.38. The number of rotatable bonds is 3. The lowest BCUT2D eigenvalue weighted by atomic mass is 9.90. The molecule has 28 heavy (non-hydrogen) atoms. The number of nitrogen functional groups attached to an aromatic ring is 1. The molecule has 0 aromatic carbocycles. The number of aromatic amines is 1. The number of aromatic nitrogens is 5. The molecule has 2 saturated heterocycles. The van der Waals surface area contributed by atoms with Gasteiger partial charge in [-0.05, 0) is 37.3 Å². The van der Waals surface area contributed by atoms with Gasteiger partial charge in [0.05, 0.1) is 30.8 Å². The summed E-state index contributed by atoms with van der Waals surface area (Å²) in [6, 6.07) is 4.34. The molecule has 0 radical (unpaired) electrons. The number of nitrogens with two attached hydrogens (primary N) is 1. The van der Waals surface area contributed by atoms with E-state index in [4.69, 9.17) is 20.2 Å². The van der Waals surface area contributed by atoms with Gasteiger partial charge in [-0.3, -0.25) is 5.10 Å². The molecule has 5 rings (SSSR count). The predicted molar refractivity (Wildman–Crippen MR) is 106 cm³/mol. The zero-order valence-corrected chi connectivity index (χ0v) is 16.0. The molecule has 3 aromatic heterocycles. The SMILES string of the molecule is C[C@@H]1COCCN1c1cc(C2CCOCC2)c2c(N)nn(-c3ccn[nH]3)c2n1. The average molecular weight is 383 g/mol. The van der Waals surface area contributed by atoms with Gasteiger partial charge in [0.15, 0.2) is 17.3 Å². The molecule has 0 amide bonds. The van der Waals surface area contributed by atoms with Gasteiger partial charge in [0.1, 0.15) is 5.82 Å². The molecular formula is C19H25N7O2. The summed E-state index contributed by atoms with van der Waals surface area (Å²) in [5.41, 5.74) is 8.35. The van der Waals surface area contributed by atoms with E-state index in [1.54, 1.807) is 10.9 Å². The van der Waals surface area contributed by atoms with E-state index in [2.05, 4.69) is 33.2 Å². The molecule has 1 atom stereocenters. The van der Waals surface area contributed by atoms with Gasteiger partial charge in [0.2, 0.25) is 0 Å². The maximum Gasteiger partial charge on any atom is 0.169 e. The van der Waals surface area contributed by atoms with Crippen LogP contribution >= 0.6 is 0 Å². The van der Waals surface area contributed by atoms with Crippen molar-refractivity contribution in [3.8, 4) is 5.82 Å². The van der Waals surface area contributed by atoms with Gasteiger partial charge in [-0.15, -0.1) is 5.10 Å². The van der Waals surface area contributed by atoms with E-state index < -0.39 is 0 Å². The number of morpholine rings is 1. The van der Waals surface area contributed by atoms with Crippen LogP contribution in [0, 0.1) is 0 Å². The summed E-state index contributed by atoms with van der Waals surface area (Å²) in [5, 5.41) is 12.5. The van der Waals surface area contributed by atoms with Crippen molar-refractivity contribution in [1.29, 1.82) is 0 Å². The Labute approximate surface area is 162 Å². The fourth-order valence-electron chi connectivity index (χ4n) is 4.24. The Kier molecular flexibility index (Phi) is 4.40. The molecule has 9 nitrogen and oxygen atoms in total. The summed E-state index contributed by atoms with van der Waals surface area (Å²) in [6.45, 7) is 5.94. The summed E-state index contributed by atoms with van der Waals surface area (Å²) in [6.07, 6.45) is 3.66. The first kappa shape index (κ1) is 17.4. The Morgan fingerprint density at radius 2 is 2.07 bits per heavy atom. The molecule has 3 N–H and O–H groups in total. The number of hydrogen-bond donors (Lipinski definition) is 2. The van der Waals surface area contributed by atoms with Crippen LogP contribution in [0.3, 0.4) is 0 Å².